The number of urea groups is 1. The minimum absolute atomic E-state index is 0.00748. The molecule has 0 unspecified atom stereocenters. The molecular weight excluding hydrogens is 208 g/mol. The molecule has 3 rings (SSSR count). The van der Waals surface area contributed by atoms with Crippen molar-refractivity contribution in [3.63, 3.8) is 0 Å². The van der Waals surface area contributed by atoms with E-state index in [1.165, 1.54) is 4.90 Å². The smallest absolute Gasteiger partial charge is 0.277 e. The van der Waals surface area contributed by atoms with Gasteiger partial charge in [0.1, 0.15) is 5.41 Å². The third-order valence-corrected chi connectivity index (χ3v) is 3.97. The van der Waals surface area contributed by atoms with Crippen molar-refractivity contribution in [2.45, 2.75) is 38.6 Å². The summed E-state index contributed by atoms with van der Waals surface area (Å²) in [6.07, 6.45) is 2.90. The number of amides is 4. The van der Waals surface area contributed by atoms with Crippen molar-refractivity contribution in [2.75, 3.05) is 0 Å². The van der Waals surface area contributed by atoms with Crippen molar-refractivity contribution in [2.24, 2.45) is 11.3 Å². The molecule has 0 aromatic rings. The van der Waals surface area contributed by atoms with Crippen LogP contribution in [0.1, 0.15) is 32.6 Å². The van der Waals surface area contributed by atoms with E-state index in [0.717, 1.165) is 12.8 Å². The predicted octanol–water partition coefficient (Wildman–Crippen LogP) is 0.643. The summed E-state index contributed by atoms with van der Waals surface area (Å²) in [5, 5.41) is 2.30. The van der Waals surface area contributed by atoms with E-state index in [2.05, 4.69) is 12.2 Å². The van der Waals surface area contributed by atoms with Gasteiger partial charge >= 0.3 is 6.03 Å². The highest BCUT2D eigenvalue weighted by molar-refractivity contribution is 6.21. The summed E-state index contributed by atoms with van der Waals surface area (Å²) in [5.41, 5.74) is -0.882. The molecule has 0 atom stereocenters. The molecule has 0 aromatic carbocycles. The number of barbiturate groups is 1. The fraction of sp³-hybridized carbons (Fsp3) is 0.727. The summed E-state index contributed by atoms with van der Waals surface area (Å²) in [7, 11) is 0. The first kappa shape index (κ1) is 9.81. The molecule has 2 aliphatic carbocycles. The fourth-order valence-electron chi connectivity index (χ4n) is 2.67. The Hall–Kier alpha value is -1.39. The van der Waals surface area contributed by atoms with Gasteiger partial charge in [0.05, 0.1) is 0 Å². The van der Waals surface area contributed by atoms with Crippen LogP contribution in [0.2, 0.25) is 0 Å². The number of nitrogens with zero attached hydrogens (tertiary/aromatic N) is 1. The number of carbonyl (C=O) groups excluding carboxylic acids is 3. The predicted molar refractivity (Wildman–Crippen MR) is 54.2 cm³/mol. The summed E-state index contributed by atoms with van der Waals surface area (Å²) < 4.78 is 0. The van der Waals surface area contributed by atoms with Gasteiger partial charge in [0.2, 0.25) is 11.8 Å². The second-order valence-corrected chi connectivity index (χ2v) is 5.25. The van der Waals surface area contributed by atoms with Crippen molar-refractivity contribution >= 4 is 17.8 Å². The SMILES string of the molecule is CC1CC(N2C(=O)NC(=O)C3(CC3)C2=O)C1. The molecular formula is C11H14N2O3. The standard InChI is InChI=1S/C11H14N2O3/c1-6-4-7(5-6)13-9(15)11(2-3-11)8(14)12-10(13)16/h6-7H,2-5H2,1H3,(H,12,14,16). The lowest BCUT2D eigenvalue weighted by Crippen LogP contribution is -2.63. The third kappa shape index (κ3) is 1.08. The minimum Gasteiger partial charge on any atom is -0.277 e. The number of imide groups is 2. The van der Waals surface area contributed by atoms with E-state index in [1.807, 2.05) is 0 Å². The maximum atomic E-state index is 12.1. The summed E-state index contributed by atoms with van der Waals surface area (Å²) >= 11 is 0. The Morgan fingerprint density at radius 3 is 2.38 bits per heavy atom. The molecule has 2 saturated carbocycles. The molecule has 16 heavy (non-hydrogen) atoms. The second kappa shape index (κ2) is 2.84. The molecule has 3 fully saturated rings. The fourth-order valence-corrected chi connectivity index (χ4v) is 2.67. The third-order valence-electron chi connectivity index (χ3n) is 3.97. The van der Waals surface area contributed by atoms with Crippen LogP contribution in [0.25, 0.3) is 0 Å². The molecule has 4 amide bonds. The van der Waals surface area contributed by atoms with E-state index in [-0.39, 0.29) is 11.9 Å². The van der Waals surface area contributed by atoms with Gasteiger partial charge in [-0.1, -0.05) is 6.92 Å². The first-order valence-electron chi connectivity index (χ1n) is 5.74. The number of hydrogen-bond donors (Lipinski definition) is 1. The van der Waals surface area contributed by atoms with Gasteiger partial charge in [-0.15, -0.1) is 0 Å². The molecule has 1 aliphatic heterocycles. The molecule has 0 aromatic heterocycles. The molecule has 0 bridgehead atoms. The minimum atomic E-state index is -0.882. The van der Waals surface area contributed by atoms with Gasteiger partial charge in [-0.05, 0) is 31.6 Å². The highest BCUT2D eigenvalue weighted by atomic mass is 16.2. The Morgan fingerprint density at radius 1 is 1.25 bits per heavy atom. The zero-order chi connectivity index (χ0) is 11.5. The summed E-state index contributed by atoms with van der Waals surface area (Å²) in [5.74, 6) is -0.0948. The lowest BCUT2D eigenvalue weighted by atomic mass is 9.80. The topological polar surface area (TPSA) is 66.5 Å². The van der Waals surface area contributed by atoms with E-state index in [4.69, 9.17) is 0 Å². The van der Waals surface area contributed by atoms with Gasteiger partial charge in [0.25, 0.3) is 0 Å². The maximum absolute atomic E-state index is 12.1. The molecule has 1 saturated heterocycles. The van der Waals surface area contributed by atoms with Crippen LogP contribution in [0.15, 0.2) is 0 Å². The first-order chi connectivity index (χ1) is 7.54. The van der Waals surface area contributed by atoms with Crippen LogP contribution in [0, 0.1) is 11.3 Å². The van der Waals surface area contributed by atoms with Gasteiger partial charge in [-0.2, -0.15) is 0 Å². The molecule has 1 heterocycles. The van der Waals surface area contributed by atoms with Gasteiger partial charge in [-0.3, -0.25) is 19.8 Å². The van der Waals surface area contributed by atoms with Gasteiger partial charge in [0, 0.05) is 6.04 Å². The molecule has 86 valence electrons. The Kier molecular flexibility index (Phi) is 1.74. The highest BCUT2D eigenvalue weighted by Gasteiger charge is 2.63. The van der Waals surface area contributed by atoms with Crippen LogP contribution in [0.5, 0.6) is 0 Å². The van der Waals surface area contributed by atoms with Crippen LogP contribution >= 0.6 is 0 Å². The Morgan fingerprint density at radius 2 is 1.88 bits per heavy atom. The van der Waals surface area contributed by atoms with Crippen molar-refractivity contribution in [3.05, 3.63) is 0 Å². The first-order valence-corrected chi connectivity index (χ1v) is 5.74. The van der Waals surface area contributed by atoms with E-state index in [1.54, 1.807) is 0 Å². The van der Waals surface area contributed by atoms with Crippen molar-refractivity contribution in [1.29, 1.82) is 0 Å². The molecule has 1 N–H and O–H groups in total. The van der Waals surface area contributed by atoms with E-state index < -0.39 is 17.4 Å². The zero-order valence-corrected chi connectivity index (χ0v) is 9.16. The Labute approximate surface area is 93.2 Å². The summed E-state index contributed by atoms with van der Waals surface area (Å²) in [6.45, 7) is 2.10. The molecule has 1 spiro atoms. The maximum Gasteiger partial charge on any atom is 0.331 e. The second-order valence-electron chi connectivity index (χ2n) is 5.25. The van der Waals surface area contributed by atoms with Crippen LogP contribution < -0.4 is 5.32 Å². The Bertz CT molecular complexity index is 394. The van der Waals surface area contributed by atoms with Crippen LogP contribution in [0.4, 0.5) is 4.79 Å². The lowest BCUT2D eigenvalue weighted by molar-refractivity contribution is -0.147. The number of hydrogen-bond acceptors (Lipinski definition) is 3. The van der Waals surface area contributed by atoms with Gasteiger partial charge < -0.3 is 0 Å². The van der Waals surface area contributed by atoms with Crippen LogP contribution in [0.3, 0.4) is 0 Å². The largest absolute Gasteiger partial charge is 0.331 e. The van der Waals surface area contributed by atoms with Crippen LogP contribution in [-0.4, -0.2) is 28.8 Å². The average molecular weight is 222 g/mol. The summed E-state index contributed by atoms with van der Waals surface area (Å²) in [4.78, 5) is 36.6. The monoisotopic (exact) mass is 222 g/mol. The number of carbonyl (C=O) groups is 3. The molecule has 5 nitrogen and oxygen atoms in total. The molecule has 0 radical (unpaired) electrons. The van der Waals surface area contributed by atoms with Crippen LogP contribution in [-0.2, 0) is 9.59 Å². The summed E-state index contributed by atoms with van der Waals surface area (Å²) in [6, 6.07) is -0.516. The van der Waals surface area contributed by atoms with Gasteiger partial charge in [-0.25, -0.2) is 4.79 Å². The Balaban J connectivity index is 1.85. The van der Waals surface area contributed by atoms with E-state index in [9.17, 15) is 14.4 Å². The molecule has 3 aliphatic rings. The van der Waals surface area contributed by atoms with E-state index in [0.29, 0.717) is 18.8 Å². The average Bonchev–Trinajstić information content (AvgIpc) is 2.93. The highest BCUT2D eigenvalue weighted by Crippen LogP contribution is 2.50. The number of rotatable bonds is 1. The normalized spacial score (nSPS) is 36.1. The van der Waals surface area contributed by atoms with E-state index >= 15 is 0 Å². The quantitative estimate of drug-likeness (QED) is 0.662. The van der Waals surface area contributed by atoms with Gasteiger partial charge in [0.15, 0.2) is 0 Å². The zero-order valence-electron chi connectivity index (χ0n) is 9.16. The van der Waals surface area contributed by atoms with Crippen molar-refractivity contribution in [1.82, 2.24) is 10.2 Å². The lowest BCUT2D eigenvalue weighted by Gasteiger charge is -2.43. The van der Waals surface area contributed by atoms with Crippen molar-refractivity contribution < 1.29 is 14.4 Å². The number of nitrogens with one attached hydrogen (secondary N) is 1. The van der Waals surface area contributed by atoms with Crippen molar-refractivity contribution in [3.8, 4) is 0 Å². The molecule has 5 heteroatoms.